The number of hydrogen-bond acceptors (Lipinski definition) is 0. The second-order valence-electron chi connectivity index (χ2n) is 5.24. The predicted molar refractivity (Wildman–Crippen MR) is 64.3 cm³/mol. The van der Waals surface area contributed by atoms with Crippen molar-refractivity contribution in [2.75, 3.05) is 12.5 Å². The van der Waals surface area contributed by atoms with Gasteiger partial charge in [0, 0.05) is 5.92 Å². The highest BCUT2D eigenvalue weighted by molar-refractivity contribution is 7.96. The average Bonchev–Trinajstić information content (AvgIpc) is 2.03. The first-order chi connectivity index (χ1) is 6.02. The smallest absolute Gasteiger partial charge is 0.0623 e. The fourth-order valence-electron chi connectivity index (χ4n) is 2.66. The average molecular weight is 201 g/mol. The van der Waals surface area contributed by atoms with Crippen LogP contribution in [0.5, 0.6) is 0 Å². The summed E-state index contributed by atoms with van der Waals surface area (Å²) in [5.41, 5.74) is 0. The van der Waals surface area contributed by atoms with Gasteiger partial charge < -0.3 is 0 Å². The highest BCUT2D eigenvalue weighted by Crippen LogP contribution is 2.36. The van der Waals surface area contributed by atoms with Crippen LogP contribution in [0.25, 0.3) is 0 Å². The van der Waals surface area contributed by atoms with Crippen LogP contribution in [0.1, 0.15) is 40.0 Å². The van der Waals surface area contributed by atoms with E-state index in [0.29, 0.717) is 10.9 Å². The van der Waals surface area contributed by atoms with Crippen molar-refractivity contribution in [2.45, 2.75) is 45.3 Å². The summed E-state index contributed by atoms with van der Waals surface area (Å²) in [5.74, 6) is 2.89. The summed E-state index contributed by atoms with van der Waals surface area (Å²) in [6.07, 6.45) is 9.29. The Bertz CT molecular complexity index is 151. The van der Waals surface area contributed by atoms with Gasteiger partial charge in [0.1, 0.15) is 5.25 Å². The molecule has 0 radical (unpaired) electrons. The van der Waals surface area contributed by atoms with E-state index in [1.165, 1.54) is 19.3 Å². The first-order valence-electron chi connectivity index (χ1n) is 5.58. The zero-order valence-corrected chi connectivity index (χ0v) is 10.7. The van der Waals surface area contributed by atoms with E-state index in [1.54, 1.807) is 0 Å². The van der Waals surface area contributed by atoms with Crippen LogP contribution in [-0.4, -0.2) is 17.8 Å². The van der Waals surface area contributed by atoms with E-state index in [2.05, 4.69) is 33.3 Å². The van der Waals surface area contributed by atoms with Gasteiger partial charge in [-0.1, -0.05) is 27.2 Å². The minimum absolute atomic E-state index is 0.627. The minimum atomic E-state index is 0.627. The zero-order chi connectivity index (χ0) is 10.0. The Hall–Kier alpha value is 0.350. The van der Waals surface area contributed by atoms with Crippen LogP contribution in [0.15, 0.2) is 0 Å². The lowest BCUT2D eigenvalue weighted by atomic mass is 9.77. The molecule has 1 rings (SSSR count). The highest BCUT2D eigenvalue weighted by Gasteiger charge is 2.37. The lowest BCUT2D eigenvalue weighted by Crippen LogP contribution is -2.37. The van der Waals surface area contributed by atoms with Crippen molar-refractivity contribution in [3.8, 4) is 0 Å². The van der Waals surface area contributed by atoms with Crippen LogP contribution >= 0.6 is 0 Å². The Labute approximate surface area is 86.8 Å². The van der Waals surface area contributed by atoms with Crippen molar-refractivity contribution < 1.29 is 0 Å². The fraction of sp³-hybridized carbons (Fsp3) is 1.00. The van der Waals surface area contributed by atoms with Gasteiger partial charge in [0.15, 0.2) is 0 Å². The molecule has 0 saturated heterocycles. The molecule has 0 aromatic heterocycles. The SMILES string of the molecule is CC1CCC(C(C)C)C([S+](C)C)C1. The maximum Gasteiger partial charge on any atom is 0.121 e. The quantitative estimate of drug-likeness (QED) is 0.601. The molecule has 0 amide bonds. The molecule has 1 saturated carbocycles. The van der Waals surface area contributed by atoms with E-state index in [0.717, 1.165) is 23.0 Å². The maximum absolute atomic E-state index is 2.43. The van der Waals surface area contributed by atoms with Crippen molar-refractivity contribution in [3.05, 3.63) is 0 Å². The molecule has 0 aromatic rings. The summed E-state index contributed by atoms with van der Waals surface area (Å²) in [7, 11) is 0.627. The summed E-state index contributed by atoms with van der Waals surface area (Å²) in [6, 6.07) is 0. The lowest BCUT2D eigenvalue weighted by Gasteiger charge is -2.34. The van der Waals surface area contributed by atoms with Gasteiger partial charge in [-0.05, 0) is 35.6 Å². The first-order valence-corrected chi connectivity index (χ1v) is 7.69. The van der Waals surface area contributed by atoms with Crippen molar-refractivity contribution in [1.29, 1.82) is 0 Å². The predicted octanol–water partition coefficient (Wildman–Crippen LogP) is 3.33. The molecule has 3 unspecified atom stereocenters. The van der Waals surface area contributed by atoms with Crippen molar-refractivity contribution in [2.24, 2.45) is 17.8 Å². The Morgan fingerprint density at radius 1 is 1.15 bits per heavy atom. The molecule has 1 heteroatoms. The maximum atomic E-state index is 2.43. The fourth-order valence-corrected chi connectivity index (χ4v) is 4.52. The molecule has 78 valence electrons. The summed E-state index contributed by atoms with van der Waals surface area (Å²) >= 11 is 0. The molecular weight excluding hydrogens is 176 g/mol. The second-order valence-corrected chi connectivity index (χ2v) is 7.61. The van der Waals surface area contributed by atoms with Crippen LogP contribution in [0.3, 0.4) is 0 Å². The van der Waals surface area contributed by atoms with Gasteiger partial charge in [0.2, 0.25) is 0 Å². The van der Waals surface area contributed by atoms with Gasteiger partial charge >= 0.3 is 0 Å². The third-order valence-electron chi connectivity index (χ3n) is 3.57. The van der Waals surface area contributed by atoms with E-state index in [9.17, 15) is 0 Å². The molecule has 0 bridgehead atoms. The molecule has 0 N–H and O–H groups in total. The molecule has 0 heterocycles. The van der Waals surface area contributed by atoms with Gasteiger partial charge in [0.05, 0.1) is 12.5 Å². The van der Waals surface area contributed by atoms with Crippen LogP contribution in [0, 0.1) is 17.8 Å². The molecular formula is C12H25S+. The molecule has 3 atom stereocenters. The van der Waals surface area contributed by atoms with Gasteiger partial charge in [0.25, 0.3) is 0 Å². The van der Waals surface area contributed by atoms with Crippen molar-refractivity contribution >= 4 is 10.9 Å². The third-order valence-corrected chi connectivity index (χ3v) is 5.32. The first kappa shape index (κ1) is 11.4. The third kappa shape index (κ3) is 2.90. The van der Waals surface area contributed by atoms with E-state index in [-0.39, 0.29) is 0 Å². The summed E-state index contributed by atoms with van der Waals surface area (Å²) in [4.78, 5) is 0. The highest BCUT2D eigenvalue weighted by atomic mass is 32.2. The Morgan fingerprint density at radius 2 is 1.77 bits per heavy atom. The van der Waals surface area contributed by atoms with Gasteiger partial charge in [-0.25, -0.2) is 0 Å². The molecule has 13 heavy (non-hydrogen) atoms. The molecule has 0 nitrogen and oxygen atoms in total. The van der Waals surface area contributed by atoms with Crippen LogP contribution in [0.2, 0.25) is 0 Å². The largest absolute Gasteiger partial charge is 0.121 e. The zero-order valence-electron chi connectivity index (χ0n) is 9.84. The van der Waals surface area contributed by atoms with Crippen LogP contribution in [0.4, 0.5) is 0 Å². The summed E-state index contributed by atoms with van der Waals surface area (Å²) in [5, 5.41) is 1.02. The molecule has 0 spiro atoms. The van der Waals surface area contributed by atoms with Crippen LogP contribution < -0.4 is 0 Å². The van der Waals surface area contributed by atoms with Crippen LogP contribution in [-0.2, 0) is 10.9 Å². The van der Waals surface area contributed by atoms with Crippen molar-refractivity contribution in [1.82, 2.24) is 0 Å². The molecule has 1 aliphatic rings. The minimum Gasteiger partial charge on any atom is -0.0623 e. The Morgan fingerprint density at radius 3 is 2.23 bits per heavy atom. The molecule has 0 aliphatic heterocycles. The second kappa shape index (κ2) is 4.72. The monoisotopic (exact) mass is 201 g/mol. The molecule has 1 fully saturated rings. The Balaban J connectivity index is 2.60. The van der Waals surface area contributed by atoms with E-state index >= 15 is 0 Å². The normalized spacial score (nSPS) is 35.8. The summed E-state index contributed by atoms with van der Waals surface area (Å²) < 4.78 is 0. The lowest BCUT2D eigenvalue weighted by molar-refractivity contribution is 0.243. The van der Waals surface area contributed by atoms with E-state index in [1.807, 2.05) is 0 Å². The van der Waals surface area contributed by atoms with E-state index in [4.69, 9.17) is 0 Å². The number of rotatable bonds is 2. The van der Waals surface area contributed by atoms with Gasteiger partial charge in [-0.15, -0.1) is 0 Å². The molecule has 0 aromatic carbocycles. The topological polar surface area (TPSA) is 0 Å². The molecule has 1 aliphatic carbocycles. The standard InChI is InChI=1S/C12H25S/c1-9(2)11-7-6-10(3)8-12(11)13(4)5/h9-12H,6-8H2,1-5H3/q+1. The van der Waals surface area contributed by atoms with Gasteiger partial charge in [-0.2, -0.15) is 0 Å². The van der Waals surface area contributed by atoms with Gasteiger partial charge in [-0.3, -0.25) is 0 Å². The van der Waals surface area contributed by atoms with Crippen molar-refractivity contribution in [3.63, 3.8) is 0 Å². The van der Waals surface area contributed by atoms with E-state index < -0.39 is 0 Å². The number of hydrogen-bond donors (Lipinski definition) is 0. The Kier molecular flexibility index (Phi) is 4.15. The summed E-state index contributed by atoms with van der Waals surface area (Å²) in [6.45, 7) is 7.23.